The first-order valence-electron chi connectivity index (χ1n) is 24.3. The Morgan fingerprint density at radius 2 is 1.70 bits per heavy atom. The molecule has 18 heteroatoms. The molecule has 0 spiro atoms. The van der Waals surface area contributed by atoms with E-state index in [1.54, 1.807) is 7.05 Å². The second-order valence-corrected chi connectivity index (χ2v) is 20.0. The highest BCUT2D eigenvalue weighted by Crippen LogP contribution is 2.46. The van der Waals surface area contributed by atoms with Crippen molar-refractivity contribution in [2.24, 2.45) is 0 Å². The van der Waals surface area contributed by atoms with Gasteiger partial charge in [-0.1, -0.05) is 67.1 Å². The van der Waals surface area contributed by atoms with Crippen LogP contribution in [0.15, 0.2) is 78.9 Å². The van der Waals surface area contributed by atoms with E-state index in [-0.39, 0.29) is 40.1 Å². The van der Waals surface area contributed by atoms with Crippen molar-refractivity contribution < 1.29 is 49.4 Å². The number of aromatic carboxylic acids is 1. The van der Waals surface area contributed by atoms with Crippen molar-refractivity contribution in [2.75, 3.05) is 69.6 Å². The Balaban J connectivity index is 0.000000265. The summed E-state index contributed by atoms with van der Waals surface area (Å²) in [5.74, 6) is 0.289. The Hall–Kier alpha value is -6.34. The van der Waals surface area contributed by atoms with Crippen molar-refractivity contribution in [3.8, 4) is 16.2 Å². The number of halogens is 1. The van der Waals surface area contributed by atoms with Crippen molar-refractivity contribution in [1.82, 2.24) is 15.2 Å². The third-order valence-electron chi connectivity index (χ3n) is 13.9. The van der Waals surface area contributed by atoms with Crippen LogP contribution in [0.5, 0.6) is 5.75 Å². The van der Waals surface area contributed by atoms with Gasteiger partial charge in [0.05, 0.1) is 4.88 Å². The summed E-state index contributed by atoms with van der Waals surface area (Å²) in [5.41, 5.74) is 7.09. The largest absolute Gasteiger partial charge is 0.483 e. The number of piperidine rings is 2. The van der Waals surface area contributed by atoms with E-state index in [0.717, 1.165) is 110 Å². The number of nitrogens with zero attached hydrogens (tertiary/aromatic N) is 3. The number of aromatic nitrogens is 1. The number of carboxylic acid groups (broad SMARTS) is 1. The molecule has 73 heavy (non-hydrogen) atoms. The number of carbonyl (C=O) groups is 5. The number of hydrogen-bond acceptors (Lipinski definition) is 14. The Morgan fingerprint density at radius 3 is 2.34 bits per heavy atom. The summed E-state index contributed by atoms with van der Waals surface area (Å²) in [7, 11) is 6.62. The van der Waals surface area contributed by atoms with Crippen LogP contribution in [0.25, 0.3) is 32.1 Å². The third-order valence-corrected chi connectivity index (χ3v) is 15.6. The van der Waals surface area contributed by atoms with Crippen molar-refractivity contribution in [3.05, 3.63) is 105 Å². The topological polar surface area (TPSA) is 225 Å². The predicted octanol–water partition coefficient (Wildman–Crippen LogP) is 9.86. The predicted molar refractivity (Wildman–Crippen MR) is 293 cm³/mol. The number of hydrogen-bond donors (Lipinski definition) is 7. The summed E-state index contributed by atoms with van der Waals surface area (Å²) in [6.07, 6.45) is 8.10. The highest BCUT2D eigenvalue weighted by Gasteiger charge is 2.33. The number of likely N-dealkylation sites (tertiary alicyclic amines) is 1. The Morgan fingerprint density at radius 1 is 0.973 bits per heavy atom. The summed E-state index contributed by atoms with van der Waals surface area (Å²) < 4.78 is 5.27. The lowest BCUT2D eigenvalue weighted by atomic mass is 9.85. The van der Waals surface area contributed by atoms with E-state index in [9.17, 15) is 29.1 Å². The van der Waals surface area contributed by atoms with Crippen molar-refractivity contribution >= 4 is 92.5 Å². The van der Waals surface area contributed by atoms with E-state index < -0.39 is 12.0 Å². The second-order valence-electron chi connectivity index (χ2n) is 18.6. The van der Waals surface area contributed by atoms with Crippen LogP contribution in [0.3, 0.4) is 0 Å². The van der Waals surface area contributed by atoms with Gasteiger partial charge in [-0.05, 0) is 118 Å². The number of amides is 1. The molecule has 16 nitrogen and oxygen atoms in total. The molecule has 4 aromatic carbocycles. The normalized spacial score (nSPS) is 15.8. The lowest BCUT2D eigenvalue weighted by Gasteiger charge is -2.44. The van der Waals surface area contributed by atoms with Crippen LogP contribution in [0, 0.1) is 0 Å². The van der Waals surface area contributed by atoms with E-state index >= 15 is 0 Å². The number of ether oxygens (including phenoxy) is 1. The highest BCUT2D eigenvalue weighted by molar-refractivity contribution is 7.18. The SMILES string of the molecule is CCc1ccc2cc(N3CCC(c4ccc(N(C)C(CCC=O)C(=O)NC)c5c(C=O)cccc45)CC3)[nH]c2c1.CN1CCC(Nc2cccc(-c3sc(C(=O)O)c(OCC=O)c3Cl)c2)CC1(C)C.CO.OO. The average Bonchev–Trinajstić information content (AvgIpc) is 4.00. The quantitative estimate of drug-likeness (QED) is 0.0257. The fraction of sp³-hybridized carbons (Fsp3) is 0.400. The van der Waals surface area contributed by atoms with Gasteiger partial charge in [-0.15, -0.1) is 11.3 Å². The minimum atomic E-state index is -1.13. The smallest absolute Gasteiger partial charge is 0.349 e. The molecular weight excluding hydrogens is 972 g/mol. The molecule has 392 valence electrons. The number of H-pyrrole nitrogens is 1. The number of aliphatic hydroxyl groups excluding tert-OH is 1. The van der Waals surface area contributed by atoms with E-state index in [4.69, 9.17) is 32.0 Å². The summed E-state index contributed by atoms with van der Waals surface area (Å²) in [6, 6.07) is 26.6. The number of aliphatic hydroxyl groups is 1. The molecule has 8 rings (SSSR count). The number of carboxylic acids is 1. The summed E-state index contributed by atoms with van der Waals surface area (Å²) in [5, 5.41) is 38.2. The van der Waals surface area contributed by atoms with Gasteiger partial charge in [0.2, 0.25) is 5.91 Å². The van der Waals surface area contributed by atoms with Crippen LogP contribution >= 0.6 is 22.9 Å². The number of fused-ring (bicyclic) bond motifs is 2. The van der Waals surface area contributed by atoms with Crippen LogP contribution in [-0.4, -0.2) is 133 Å². The number of thiophene rings is 1. The lowest BCUT2D eigenvalue weighted by Crippen LogP contribution is -2.50. The van der Waals surface area contributed by atoms with Crippen LogP contribution in [0.2, 0.25) is 5.02 Å². The Bertz CT molecular complexity index is 2820. The zero-order valence-corrected chi connectivity index (χ0v) is 44.2. The minimum absolute atomic E-state index is 0.0118. The molecule has 0 radical (unpaired) electrons. The van der Waals surface area contributed by atoms with Gasteiger partial charge >= 0.3 is 5.97 Å². The monoisotopic (exact) mass is 1040 g/mol. The van der Waals surface area contributed by atoms with Crippen molar-refractivity contribution in [1.29, 1.82) is 0 Å². The van der Waals surface area contributed by atoms with Crippen molar-refractivity contribution in [3.63, 3.8) is 0 Å². The standard InChI is InChI=1S/C33H38N4O3.C21H25ClN2O4S.CH4O.H2O2/c1-4-22-10-11-24-20-31(35-28(24)19-22)37-16-14-23(15-17-37)26-12-13-29(32-25(21-39)7-5-8-27(26)32)36(3)30(9-6-18-38)33(40)34-2;1-21(2)12-15(7-8-24(21)3)23-14-6-4-5-13(11-14)18-16(22)17(28-10-9-25)19(29-18)20(26)27;2*1-2/h5,7-8,10-13,18-21,23,30,35H,4,6,9,14-17H2,1-3H3,(H,34,40);4-6,9,11,15,23H,7-8,10,12H2,1-3H3,(H,26,27);2H,1H3;1-2H. The first kappa shape index (κ1) is 57.6. The van der Waals surface area contributed by atoms with Gasteiger partial charge in [0.1, 0.15) is 29.8 Å². The molecule has 2 aliphatic rings. The molecule has 2 unspecified atom stereocenters. The fourth-order valence-corrected chi connectivity index (χ4v) is 11.2. The number of anilines is 3. The molecule has 2 aliphatic heterocycles. The third kappa shape index (κ3) is 13.6. The van der Waals surface area contributed by atoms with E-state index in [2.05, 4.69) is 89.6 Å². The van der Waals surface area contributed by atoms with Gasteiger partial charge in [-0.2, -0.15) is 0 Å². The second kappa shape index (κ2) is 27.1. The summed E-state index contributed by atoms with van der Waals surface area (Å²) in [6.45, 7) is 9.34. The Kier molecular flexibility index (Phi) is 21.4. The maximum absolute atomic E-state index is 12.7. The van der Waals surface area contributed by atoms with Crippen LogP contribution in [0.4, 0.5) is 17.2 Å². The minimum Gasteiger partial charge on any atom is -0.483 e. The number of aldehydes is 3. The number of benzene rings is 4. The lowest BCUT2D eigenvalue weighted by molar-refractivity contribution is -0.176. The van der Waals surface area contributed by atoms with Crippen LogP contribution in [0.1, 0.15) is 96.4 Å². The number of aromatic amines is 1. The molecule has 0 saturated carbocycles. The molecule has 2 aromatic heterocycles. The summed E-state index contributed by atoms with van der Waals surface area (Å²) >= 11 is 7.47. The molecule has 1 amide bonds. The van der Waals surface area contributed by atoms with E-state index in [1.165, 1.54) is 27.8 Å². The highest BCUT2D eigenvalue weighted by atomic mass is 35.5. The molecule has 2 fully saturated rings. The maximum Gasteiger partial charge on any atom is 0.349 e. The van der Waals surface area contributed by atoms with Gasteiger partial charge in [-0.25, -0.2) is 4.79 Å². The van der Waals surface area contributed by atoms with Gasteiger partial charge in [0.25, 0.3) is 0 Å². The first-order chi connectivity index (χ1) is 35.2. The van der Waals surface area contributed by atoms with Crippen molar-refractivity contribution in [2.45, 2.75) is 89.3 Å². The number of rotatable bonds is 17. The Labute approximate surface area is 435 Å². The molecule has 6 aromatic rings. The molecule has 0 aliphatic carbocycles. The molecule has 2 atom stereocenters. The van der Waals surface area contributed by atoms with Gasteiger partial charge in [0, 0.05) is 92.1 Å². The maximum atomic E-state index is 12.7. The molecule has 4 heterocycles. The first-order valence-corrected chi connectivity index (χ1v) is 25.5. The molecule has 7 N–H and O–H groups in total. The van der Waals surface area contributed by atoms with Crippen LogP contribution in [-0.2, 0) is 20.8 Å². The average molecular weight is 1040 g/mol. The molecule has 0 bridgehead atoms. The number of aryl methyl sites for hydroxylation is 1. The number of carbonyl (C=O) groups excluding carboxylic acids is 4. The molecule has 2 saturated heterocycles. The van der Waals surface area contributed by atoms with Gasteiger partial charge < -0.3 is 50.1 Å². The zero-order valence-electron chi connectivity index (χ0n) is 42.6. The van der Waals surface area contributed by atoms with Crippen LogP contribution < -0.4 is 25.2 Å². The summed E-state index contributed by atoms with van der Waals surface area (Å²) in [4.78, 5) is 69.1. The molecular formula is C55H69ClN6O10S. The zero-order chi connectivity index (χ0) is 53.4. The number of likely N-dealkylation sites (N-methyl/N-ethyl adjacent to an activating group) is 2. The van der Waals surface area contributed by atoms with E-state index in [0.29, 0.717) is 35.1 Å². The van der Waals surface area contributed by atoms with E-state index in [1.807, 2.05) is 54.4 Å². The number of nitrogens with one attached hydrogen (secondary N) is 3. The fourth-order valence-electron chi connectivity index (χ4n) is 9.82. The van der Waals surface area contributed by atoms with Gasteiger partial charge in [-0.3, -0.25) is 24.9 Å². The van der Waals surface area contributed by atoms with Gasteiger partial charge in [0.15, 0.2) is 23.2 Å².